The van der Waals surface area contributed by atoms with Gasteiger partial charge in [0.15, 0.2) is 0 Å². The van der Waals surface area contributed by atoms with Crippen LogP contribution in [0.1, 0.15) is 52.2 Å². The molecule has 1 aromatic rings. The fourth-order valence-electron chi connectivity index (χ4n) is 2.30. The summed E-state index contributed by atoms with van der Waals surface area (Å²) in [6.45, 7) is 14.4. The number of nitrogens with zero attached hydrogens (tertiary/aromatic N) is 1. The van der Waals surface area contributed by atoms with Crippen LogP contribution in [0.15, 0.2) is 18.2 Å². The molecule has 0 saturated heterocycles. The van der Waals surface area contributed by atoms with Crippen LogP contribution in [0.4, 0.5) is 5.69 Å². The van der Waals surface area contributed by atoms with Crippen LogP contribution in [-0.2, 0) is 9.59 Å². The largest absolute Gasteiger partial charge is 0.330 e. The number of benzene rings is 1. The van der Waals surface area contributed by atoms with Gasteiger partial charge in [-0.05, 0) is 44.4 Å². The number of carbonyl (C=O) groups is 2. The molecule has 4 nitrogen and oxygen atoms in total. The summed E-state index contributed by atoms with van der Waals surface area (Å²) in [6.07, 6.45) is 0.822. The highest BCUT2D eigenvalue weighted by Gasteiger charge is 2.24. The number of amides is 2. The van der Waals surface area contributed by atoms with Gasteiger partial charge in [-0.2, -0.15) is 0 Å². The van der Waals surface area contributed by atoms with Crippen LogP contribution in [0, 0.1) is 13.8 Å². The topological polar surface area (TPSA) is 49.4 Å². The van der Waals surface area contributed by atoms with Gasteiger partial charge < -0.3 is 10.2 Å². The molecule has 25 heavy (non-hydrogen) atoms. The maximum Gasteiger partial charge on any atom is 0.244 e. The Kier molecular flexibility index (Phi) is 8.00. The molecule has 0 bridgehead atoms. The van der Waals surface area contributed by atoms with Crippen molar-refractivity contribution in [2.75, 3.05) is 17.6 Å². The lowest BCUT2D eigenvalue weighted by atomic mass is 10.1. The number of nitrogens with one attached hydrogen (secondary N) is 1. The zero-order valence-corrected chi connectivity index (χ0v) is 17.4. The molecule has 0 aliphatic rings. The molecule has 140 valence electrons. The average Bonchev–Trinajstić information content (AvgIpc) is 2.53. The van der Waals surface area contributed by atoms with E-state index >= 15 is 0 Å². The SMILES string of the molecule is CCC(C)N(CC(=O)Nc1cccc(C)c1C)C(=O)CSC(C)(C)C. The first kappa shape index (κ1) is 21.6. The summed E-state index contributed by atoms with van der Waals surface area (Å²) in [7, 11) is 0. The molecule has 0 radical (unpaired) electrons. The number of hydrogen-bond donors (Lipinski definition) is 1. The quantitative estimate of drug-likeness (QED) is 0.780. The fourth-order valence-corrected chi connectivity index (χ4v) is 3.02. The van der Waals surface area contributed by atoms with E-state index in [4.69, 9.17) is 0 Å². The molecular weight excluding hydrogens is 332 g/mol. The molecule has 0 fully saturated rings. The van der Waals surface area contributed by atoms with Crippen molar-refractivity contribution in [3.63, 3.8) is 0 Å². The predicted octanol–water partition coefficient (Wildman–Crippen LogP) is 4.40. The van der Waals surface area contributed by atoms with E-state index in [9.17, 15) is 9.59 Å². The average molecular weight is 365 g/mol. The summed E-state index contributed by atoms with van der Waals surface area (Å²) in [4.78, 5) is 26.8. The standard InChI is InChI=1S/C20H32N2O2S/c1-8-15(3)22(19(24)13-25-20(5,6)7)12-18(23)21-17-11-9-10-14(2)16(17)4/h9-11,15H,8,12-13H2,1-7H3,(H,21,23). The lowest BCUT2D eigenvalue weighted by Crippen LogP contribution is -2.44. The van der Waals surface area contributed by atoms with Gasteiger partial charge in [0.1, 0.15) is 6.54 Å². The molecule has 0 spiro atoms. The minimum atomic E-state index is -0.150. The van der Waals surface area contributed by atoms with Crippen LogP contribution in [0.25, 0.3) is 0 Å². The second-order valence-corrected chi connectivity index (χ2v) is 9.28. The van der Waals surface area contributed by atoms with Crippen LogP contribution in [0.5, 0.6) is 0 Å². The van der Waals surface area contributed by atoms with Crippen LogP contribution in [0.3, 0.4) is 0 Å². The molecule has 0 aliphatic heterocycles. The van der Waals surface area contributed by atoms with Crippen LogP contribution >= 0.6 is 11.8 Å². The van der Waals surface area contributed by atoms with Crippen molar-refractivity contribution >= 4 is 29.3 Å². The number of anilines is 1. The molecule has 1 atom stereocenters. The van der Waals surface area contributed by atoms with Gasteiger partial charge in [0.05, 0.1) is 5.75 Å². The van der Waals surface area contributed by atoms with E-state index in [1.165, 1.54) is 0 Å². The van der Waals surface area contributed by atoms with E-state index < -0.39 is 0 Å². The first-order valence-electron chi connectivity index (χ1n) is 8.84. The third-order valence-electron chi connectivity index (χ3n) is 4.26. The van der Waals surface area contributed by atoms with Gasteiger partial charge in [-0.25, -0.2) is 0 Å². The van der Waals surface area contributed by atoms with Gasteiger partial charge in [0, 0.05) is 16.5 Å². The maximum atomic E-state index is 12.6. The lowest BCUT2D eigenvalue weighted by Gasteiger charge is -2.29. The predicted molar refractivity (Wildman–Crippen MR) is 108 cm³/mol. The summed E-state index contributed by atoms with van der Waals surface area (Å²) in [5.41, 5.74) is 3.00. The molecule has 1 rings (SSSR count). The van der Waals surface area contributed by atoms with Gasteiger partial charge in [0.2, 0.25) is 11.8 Å². The summed E-state index contributed by atoms with van der Waals surface area (Å²) in [5.74, 6) is 0.262. The smallest absolute Gasteiger partial charge is 0.244 e. The molecule has 1 N–H and O–H groups in total. The first-order valence-corrected chi connectivity index (χ1v) is 9.83. The Balaban J connectivity index is 2.79. The molecule has 0 heterocycles. The Labute approximate surface area is 156 Å². The van der Waals surface area contributed by atoms with Crippen molar-refractivity contribution in [2.24, 2.45) is 0 Å². The second-order valence-electron chi connectivity index (χ2n) is 7.48. The summed E-state index contributed by atoms with van der Waals surface area (Å²) in [5, 5.41) is 2.95. The molecule has 1 unspecified atom stereocenters. The van der Waals surface area contributed by atoms with Crippen molar-refractivity contribution in [1.29, 1.82) is 0 Å². The molecular formula is C20H32N2O2S. The van der Waals surface area contributed by atoms with Gasteiger partial charge >= 0.3 is 0 Å². The van der Waals surface area contributed by atoms with Gasteiger partial charge in [-0.1, -0.05) is 39.8 Å². The van der Waals surface area contributed by atoms with Gasteiger partial charge in [-0.3, -0.25) is 9.59 Å². The summed E-state index contributed by atoms with van der Waals surface area (Å²) < 4.78 is 0.0255. The number of aryl methyl sites for hydroxylation is 1. The van der Waals surface area contributed by atoms with E-state index in [-0.39, 0.29) is 29.1 Å². The van der Waals surface area contributed by atoms with Crippen LogP contribution in [-0.4, -0.2) is 39.8 Å². The molecule has 0 aromatic heterocycles. The number of carbonyl (C=O) groups excluding carboxylic acids is 2. The van der Waals surface area contributed by atoms with Crippen molar-refractivity contribution in [3.05, 3.63) is 29.3 Å². The number of rotatable bonds is 7. The first-order chi connectivity index (χ1) is 11.5. The van der Waals surface area contributed by atoms with E-state index in [1.807, 2.05) is 45.9 Å². The molecule has 0 aliphatic carbocycles. The highest BCUT2D eigenvalue weighted by molar-refractivity contribution is 8.01. The Hall–Kier alpha value is -1.49. The van der Waals surface area contributed by atoms with E-state index in [0.717, 1.165) is 23.2 Å². The van der Waals surface area contributed by atoms with Crippen molar-refractivity contribution in [1.82, 2.24) is 4.90 Å². The molecule has 5 heteroatoms. The Morgan fingerprint density at radius 1 is 1.24 bits per heavy atom. The monoisotopic (exact) mass is 364 g/mol. The number of hydrogen-bond acceptors (Lipinski definition) is 3. The van der Waals surface area contributed by atoms with Crippen molar-refractivity contribution in [2.45, 2.75) is 65.7 Å². The van der Waals surface area contributed by atoms with Gasteiger partial charge in [-0.15, -0.1) is 11.8 Å². The Morgan fingerprint density at radius 2 is 1.88 bits per heavy atom. The van der Waals surface area contributed by atoms with Crippen molar-refractivity contribution < 1.29 is 9.59 Å². The Bertz CT molecular complexity index is 608. The summed E-state index contributed by atoms with van der Waals surface area (Å²) in [6, 6.07) is 5.88. The normalized spacial score (nSPS) is 12.6. The molecule has 1 aromatic carbocycles. The lowest BCUT2D eigenvalue weighted by molar-refractivity contribution is -0.134. The van der Waals surface area contributed by atoms with Crippen LogP contribution in [0.2, 0.25) is 0 Å². The minimum Gasteiger partial charge on any atom is -0.330 e. The third-order valence-corrected chi connectivity index (χ3v) is 5.52. The third kappa shape index (κ3) is 7.10. The van der Waals surface area contributed by atoms with Crippen LogP contribution < -0.4 is 5.32 Å². The van der Waals surface area contributed by atoms with E-state index in [0.29, 0.717) is 5.75 Å². The zero-order valence-electron chi connectivity index (χ0n) is 16.6. The zero-order chi connectivity index (χ0) is 19.2. The molecule has 2 amide bonds. The van der Waals surface area contributed by atoms with Gasteiger partial charge in [0.25, 0.3) is 0 Å². The highest BCUT2D eigenvalue weighted by atomic mass is 32.2. The number of thioether (sulfide) groups is 1. The van der Waals surface area contributed by atoms with E-state index in [2.05, 4.69) is 26.1 Å². The van der Waals surface area contributed by atoms with Crippen molar-refractivity contribution in [3.8, 4) is 0 Å². The maximum absolute atomic E-state index is 12.6. The summed E-state index contributed by atoms with van der Waals surface area (Å²) >= 11 is 1.61. The molecule has 0 saturated carbocycles. The Morgan fingerprint density at radius 3 is 2.44 bits per heavy atom. The fraction of sp³-hybridized carbons (Fsp3) is 0.600. The second kappa shape index (κ2) is 9.27. The van der Waals surface area contributed by atoms with E-state index in [1.54, 1.807) is 16.7 Å². The highest BCUT2D eigenvalue weighted by Crippen LogP contribution is 2.24. The minimum absolute atomic E-state index is 0.0189.